The summed E-state index contributed by atoms with van der Waals surface area (Å²) in [4.78, 5) is 11.5. The van der Waals surface area contributed by atoms with E-state index in [0.717, 1.165) is 0 Å². The Morgan fingerprint density at radius 1 is 1.69 bits per heavy atom. The molecule has 0 radical (unpaired) electrons. The van der Waals surface area contributed by atoms with Gasteiger partial charge in [-0.1, -0.05) is 29.3 Å². The standard InChI is InChI=1S/C9H9Cl2NO/c1-7-3-2-4-12(9(7)13)6-8(11)5-10/h2-5H,6H2,1H3/b8-5-. The normalized spacial score (nSPS) is 11.8. The van der Waals surface area contributed by atoms with Crippen LogP contribution in [0.1, 0.15) is 5.56 Å². The molecule has 0 saturated heterocycles. The molecule has 4 heteroatoms. The number of pyridine rings is 1. The quantitative estimate of drug-likeness (QED) is 0.747. The highest BCUT2D eigenvalue weighted by Crippen LogP contribution is 2.05. The third-order valence-corrected chi connectivity index (χ3v) is 2.25. The van der Waals surface area contributed by atoms with Crippen LogP contribution in [-0.2, 0) is 6.54 Å². The summed E-state index contributed by atoms with van der Waals surface area (Å²) in [5, 5.41) is 0.439. The van der Waals surface area contributed by atoms with Gasteiger partial charge < -0.3 is 4.57 Å². The number of nitrogens with zero attached hydrogens (tertiary/aromatic N) is 1. The second-order valence-corrected chi connectivity index (χ2v) is 3.38. The van der Waals surface area contributed by atoms with Gasteiger partial charge in [-0.05, 0) is 13.0 Å². The lowest BCUT2D eigenvalue weighted by Crippen LogP contribution is -2.21. The molecule has 0 bridgehead atoms. The number of aryl methyl sites for hydroxylation is 1. The maximum absolute atomic E-state index is 11.5. The zero-order valence-corrected chi connectivity index (χ0v) is 8.64. The predicted molar refractivity (Wildman–Crippen MR) is 55.2 cm³/mol. The Hall–Kier alpha value is -0.730. The zero-order valence-electron chi connectivity index (χ0n) is 7.13. The Balaban J connectivity index is 3.03. The average molecular weight is 218 g/mol. The van der Waals surface area contributed by atoms with Gasteiger partial charge in [0, 0.05) is 22.3 Å². The average Bonchev–Trinajstić information content (AvgIpc) is 2.13. The van der Waals surface area contributed by atoms with Crippen LogP contribution in [0.4, 0.5) is 0 Å². The van der Waals surface area contributed by atoms with E-state index in [4.69, 9.17) is 23.2 Å². The third-order valence-electron chi connectivity index (χ3n) is 1.65. The van der Waals surface area contributed by atoms with Crippen LogP contribution in [0, 0.1) is 6.92 Å². The van der Waals surface area contributed by atoms with Gasteiger partial charge in [0.05, 0.1) is 6.54 Å². The maximum atomic E-state index is 11.5. The van der Waals surface area contributed by atoms with Gasteiger partial charge in [0.25, 0.3) is 5.56 Å². The van der Waals surface area contributed by atoms with Crippen molar-refractivity contribution in [1.29, 1.82) is 0 Å². The van der Waals surface area contributed by atoms with Gasteiger partial charge in [-0.3, -0.25) is 4.79 Å². The van der Waals surface area contributed by atoms with Crippen molar-refractivity contribution in [1.82, 2.24) is 4.57 Å². The van der Waals surface area contributed by atoms with Crippen molar-refractivity contribution in [3.63, 3.8) is 0 Å². The number of allylic oxidation sites excluding steroid dienone is 1. The van der Waals surface area contributed by atoms with Gasteiger partial charge in [0.2, 0.25) is 0 Å². The first-order chi connectivity index (χ1) is 6.15. The van der Waals surface area contributed by atoms with E-state index in [-0.39, 0.29) is 5.56 Å². The molecule has 0 N–H and O–H groups in total. The highest BCUT2D eigenvalue weighted by atomic mass is 35.5. The molecule has 0 spiro atoms. The predicted octanol–water partition coefficient (Wildman–Crippen LogP) is 2.48. The first-order valence-corrected chi connectivity index (χ1v) is 4.57. The van der Waals surface area contributed by atoms with Gasteiger partial charge >= 0.3 is 0 Å². The van der Waals surface area contributed by atoms with Gasteiger partial charge in [-0.2, -0.15) is 0 Å². The summed E-state index contributed by atoms with van der Waals surface area (Å²) in [7, 11) is 0. The van der Waals surface area contributed by atoms with Crippen molar-refractivity contribution in [2.45, 2.75) is 13.5 Å². The summed E-state index contributed by atoms with van der Waals surface area (Å²) in [5.41, 5.74) is 1.91. The van der Waals surface area contributed by atoms with Crippen molar-refractivity contribution in [3.8, 4) is 0 Å². The first kappa shape index (κ1) is 10.4. The van der Waals surface area contributed by atoms with E-state index in [0.29, 0.717) is 17.1 Å². The molecule has 1 aromatic rings. The fourth-order valence-electron chi connectivity index (χ4n) is 0.979. The molecule has 0 fully saturated rings. The van der Waals surface area contributed by atoms with Crippen molar-refractivity contribution in [3.05, 3.63) is 44.8 Å². The largest absolute Gasteiger partial charge is 0.310 e. The molecule has 0 aliphatic heterocycles. The van der Waals surface area contributed by atoms with Crippen molar-refractivity contribution < 1.29 is 0 Å². The highest BCUT2D eigenvalue weighted by Gasteiger charge is 1.99. The van der Waals surface area contributed by atoms with Gasteiger partial charge in [-0.15, -0.1) is 0 Å². The first-order valence-electron chi connectivity index (χ1n) is 3.76. The number of rotatable bonds is 2. The van der Waals surface area contributed by atoms with Crippen molar-refractivity contribution in [2.75, 3.05) is 0 Å². The zero-order chi connectivity index (χ0) is 9.84. The van der Waals surface area contributed by atoms with Crippen LogP contribution in [0.5, 0.6) is 0 Å². The summed E-state index contributed by atoms with van der Waals surface area (Å²) in [6.45, 7) is 2.09. The summed E-state index contributed by atoms with van der Waals surface area (Å²) in [5.74, 6) is 0. The van der Waals surface area contributed by atoms with Gasteiger partial charge in [-0.25, -0.2) is 0 Å². The van der Waals surface area contributed by atoms with Crippen molar-refractivity contribution >= 4 is 23.2 Å². The van der Waals surface area contributed by atoms with Crippen molar-refractivity contribution in [2.24, 2.45) is 0 Å². The van der Waals surface area contributed by atoms with Crippen LogP contribution in [0.2, 0.25) is 0 Å². The lowest BCUT2D eigenvalue weighted by molar-refractivity contribution is 0.763. The Morgan fingerprint density at radius 3 is 3.00 bits per heavy atom. The second kappa shape index (κ2) is 4.49. The molecule has 0 aromatic carbocycles. The van der Waals surface area contributed by atoms with E-state index in [9.17, 15) is 4.79 Å². The lowest BCUT2D eigenvalue weighted by Gasteiger charge is -2.03. The minimum absolute atomic E-state index is 0.0424. The second-order valence-electron chi connectivity index (χ2n) is 2.68. The van der Waals surface area contributed by atoms with Crippen LogP contribution in [-0.4, -0.2) is 4.57 Å². The highest BCUT2D eigenvalue weighted by molar-refractivity contribution is 6.36. The summed E-state index contributed by atoms with van der Waals surface area (Å²) >= 11 is 11.1. The monoisotopic (exact) mass is 217 g/mol. The topological polar surface area (TPSA) is 22.0 Å². The molecule has 2 nitrogen and oxygen atoms in total. The molecule has 1 rings (SSSR count). The molecule has 1 heterocycles. The molecule has 0 aliphatic carbocycles. The van der Waals surface area contributed by atoms with Crippen LogP contribution >= 0.6 is 23.2 Å². The molecule has 0 aliphatic rings. The van der Waals surface area contributed by atoms with Crippen LogP contribution in [0.3, 0.4) is 0 Å². The summed E-state index contributed by atoms with van der Waals surface area (Å²) in [6, 6.07) is 3.56. The molecule has 0 atom stereocenters. The number of hydrogen-bond acceptors (Lipinski definition) is 1. The smallest absolute Gasteiger partial charge is 0.253 e. The molecule has 13 heavy (non-hydrogen) atoms. The number of hydrogen-bond donors (Lipinski definition) is 0. The van der Waals surface area contributed by atoms with E-state index in [2.05, 4.69) is 0 Å². The molecule has 0 saturated carbocycles. The Morgan fingerprint density at radius 2 is 2.38 bits per heavy atom. The van der Waals surface area contributed by atoms with Crippen LogP contribution in [0.25, 0.3) is 0 Å². The van der Waals surface area contributed by atoms with Crippen LogP contribution < -0.4 is 5.56 Å². The molecule has 0 amide bonds. The van der Waals surface area contributed by atoms with E-state index < -0.39 is 0 Å². The third kappa shape index (κ3) is 2.61. The number of aromatic nitrogens is 1. The SMILES string of the molecule is Cc1cccn(C/C(Cl)=C/Cl)c1=O. The molecular weight excluding hydrogens is 209 g/mol. The minimum atomic E-state index is -0.0424. The molecule has 1 aromatic heterocycles. The summed E-state index contributed by atoms with van der Waals surface area (Å²) < 4.78 is 1.51. The van der Waals surface area contributed by atoms with E-state index >= 15 is 0 Å². The Kier molecular flexibility index (Phi) is 3.58. The Bertz CT molecular complexity index is 381. The number of halogens is 2. The fraction of sp³-hybridized carbons (Fsp3) is 0.222. The van der Waals surface area contributed by atoms with Crippen LogP contribution in [0.15, 0.2) is 33.7 Å². The van der Waals surface area contributed by atoms with E-state index in [1.54, 1.807) is 25.3 Å². The maximum Gasteiger partial charge on any atom is 0.253 e. The Labute approximate surface area is 86.4 Å². The lowest BCUT2D eigenvalue weighted by atomic mass is 10.3. The minimum Gasteiger partial charge on any atom is -0.310 e. The van der Waals surface area contributed by atoms with Gasteiger partial charge in [0.1, 0.15) is 0 Å². The van der Waals surface area contributed by atoms with E-state index in [1.165, 1.54) is 10.1 Å². The molecule has 70 valence electrons. The van der Waals surface area contributed by atoms with E-state index in [1.807, 2.05) is 0 Å². The van der Waals surface area contributed by atoms with Gasteiger partial charge in [0.15, 0.2) is 0 Å². The summed E-state index contributed by atoms with van der Waals surface area (Å²) in [6.07, 6.45) is 1.68. The molecular formula is C9H9Cl2NO. The molecule has 0 unspecified atom stereocenters. The fourth-order valence-corrected chi connectivity index (χ4v) is 1.18.